The Labute approximate surface area is 62.6 Å². The monoisotopic (exact) mass is 141 g/mol. The van der Waals surface area contributed by atoms with Crippen molar-refractivity contribution in [2.24, 2.45) is 4.99 Å². The molecule has 0 rings (SSSR count). The minimum absolute atomic E-state index is 0.367. The van der Waals surface area contributed by atoms with Crippen molar-refractivity contribution in [1.29, 1.82) is 0 Å². The van der Waals surface area contributed by atoms with Crippen molar-refractivity contribution in [2.45, 2.75) is 26.3 Å². The quantitative estimate of drug-likeness (QED) is 0.433. The van der Waals surface area contributed by atoms with Gasteiger partial charge in [0.1, 0.15) is 5.76 Å². The van der Waals surface area contributed by atoms with Gasteiger partial charge in [0.05, 0.1) is 13.3 Å². The zero-order chi connectivity index (χ0) is 7.98. The molecule has 0 aromatic heterocycles. The van der Waals surface area contributed by atoms with Crippen LogP contribution in [0.5, 0.6) is 0 Å². The number of hydrogen-bond acceptors (Lipinski definition) is 2. The van der Waals surface area contributed by atoms with E-state index in [2.05, 4.69) is 25.4 Å². The van der Waals surface area contributed by atoms with Crippen LogP contribution in [0.25, 0.3) is 0 Å². The van der Waals surface area contributed by atoms with Gasteiger partial charge in [0.2, 0.25) is 0 Å². The van der Waals surface area contributed by atoms with Crippen molar-refractivity contribution in [3.8, 4) is 0 Å². The van der Waals surface area contributed by atoms with Gasteiger partial charge in [-0.25, -0.2) is 0 Å². The molecule has 1 atom stereocenters. The molecule has 0 saturated carbocycles. The fraction of sp³-hybridized carbons (Fsp3) is 0.625. The number of allylic oxidation sites excluding steroid dienone is 1. The zero-order valence-corrected chi connectivity index (χ0v) is 6.92. The van der Waals surface area contributed by atoms with Crippen LogP contribution in [0.1, 0.15) is 20.3 Å². The zero-order valence-electron chi connectivity index (χ0n) is 6.92. The maximum atomic E-state index is 4.80. The highest BCUT2D eigenvalue weighted by Gasteiger charge is 1.91. The predicted octanol–water partition coefficient (Wildman–Crippen LogP) is 2.02. The van der Waals surface area contributed by atoms with E-state index < -0.39 is 0 Å². The van der Waals surface area contributed by atoms with Gasteiger partial charge in [0.25, 0.3) is 0 Å². The molecule has 0 radical (unpaired) electrons. The largest absolute Gasteiger partial charge is 0.496 e. The molecule has 0 aromatic carbocycles. The van der Waals surface area contributed by atoms with E-state index >= 15 is 0 Å². The Bertz CT molecular complexity index is 129. The Balaban J connectivity index is 3.63. The standard InChI is InChI=1S/C8H15NO/c1-5-7(2)9-6-8(3)10-4/h6-7H,3,5H2,1-2,4H3/b9-6-. The normalized spacial score (nSPS) is 13.5. The molecule has 0 amide bonds. The molecule has 2 heteroatoms. The molecule has 0 aliphatic heterocycles. The summed E-state index contributed by atoms with van der Waals surface area (Å²) in [4.78, 5) is 4.16. The number of ether oxygens (including phenoxy) is 1. The number of aliphatic imine (C=N–C) groups is 1. The van der Waals surface area contributed by atoms with E-state index in [4.69, 9.17) is 4.74 Å². The van der Waals surface area contributed by atoms with E-state index in [-0.39, 0.29) is 0 Å². The highest BCUT2D eigenvalue weighted by Crippen LogP contribution is 1.95. The Morgan fingerprint density at radius 2 is 2.40 bits per heavy atom. The molecule has 0 N–H and O–H groups in total. The number of rotatable bonds is 4. The Kier molecular flexibility index (Phi) is 4.63. The summed E-state index contributed by atoms with van der Waals surface area (Å²) >= 11 is 0. The molecular formula is C8H15NO. The van der Waals surface area contributed by atoms with Crippen LogP contribution in [0.3, 0.4) is 0 Å². The molecule has 10 heavy (non-hydrogen) atoms. The molecular weight excluding hydrogens is 126 g/mol. The minimum atomic E-state index is 0.367. The third kappa shape index (κ3) is 4.13. The molecule has 1 unspecified atom stereocenters. The summed E-state index contributed by atoms with van der Waals surface area (Å²) in [5.41, 5.74) is 0. The van der Waals surface area contributed by atoms with Gasteiger partial charge >= 0.3 is 0 Å². The summed E-state index contributed by atoms with van der Waals surface area (Å²) in [5, 5.41) is 0. The third-order valence-electron chi connectivity index (χ3n) is 1.33. The van der Waals surface area contributed by atoms with Crippen molar-refractivity contribution < 1.29 is 4.74 Å². The molecule has 0 saturated heterocycles. The summed E-state index contributed by atoms with van der Waals surface area (Å²) in [6.07, 6.45) is 2.71. The lowest BCUT2D eigenvalue weighted by atomic mass is 10.3. The van der Waals surface area contributed by atoms with Crippen LogP contribution in [-0.2, 0) is 4.74 Å². The fourth-order valence-corrected chi connectivity index (χ4v) is 0.368. The second kappa shape index (κ2) is 5.03. The fourth-order valence-electron chi connectivity index (χ4n) is 0.368. The average molecular weight is 141 g/mol. The maximum Gasteiger partial charge on any atom is 0.129 e. The lowest BCUT2D eigenvalue weighted by Gasteiger charge is -2.00. The number of hydrogen-bond donors (Lipinski definition) is 0. The van der Waals surface area contributed by atoms with E-state index in [0.717, 1.165) is 6.42 Å². The molecule has 0 aliphatic carbocycles. The summed E-state index contributed by atoms with van der Waals surface area (Å²) in [7, 11) is 1.59. The molecule has 0 aliphatic rings. The van der Waals surface area contributed by atoms with Gasteiger partial charge in [-0.2, -0.15) is 0 Å². The SMILES string of the molecule is C=C(/C=N\C(C)CC)OC. The van der Waals surface area contributed by atoms with Crippen molar-refractivity contribution >= 4 is 6.21 Å². The van der Waals surface area contributed by atoms with Gasteiger partial charge in [0.15, 0.2) is 0 Å². The topological polar surface area (TPSA) is 21.6 Å². The van der Waals surface area contributed by atoms with Crippen molar-refractivity contribution in [1.82, 2.24) is 0 Å². The second-order valence-corrected chi connectivity index (χ2v) is 2.21. The summed E-state index contributed by atoms with van der Waals surface area (Å²) in [6, 6.07) is 0.367. The lowest BCUT2D eigenvalue weighted by molar-refractivity contribution is 0.318. The van der Waals surface area contributed by atoms with Gasteiger partial charge in [0, 0.05) is 6.04 Å². The molecule has 0 aromatic rings. The Hall–Kier alpha value is -0.790. The predicted molar refractivity (Wildman–Crippen MR) is 44.4 cm³/mol. The van der Waals surface area contributed by atoms with Crippen LogP contribution in [0.15, 0.2) is 17.3 Å². The van der Waals surface area contributed by atoms with Crippen molar-refractivity contribution in [3.63, 3.8) is 0 Å². The third-order valence-corrected chi connectivity index (χ3v) is 1.33. The summed E-state index contributed by atoms with van der Waals surface area (Å²) in [6.45, 7) is 7.76. The first-order chi connectivity index (χ1) is 4.70. The van der Waals surface area contributed by atoms with Crippen LogP contribution in [0.2, 0.25) is 0 Å². The lowest BCUT2D eigenvalue weighted by Crippen LogP contribution is -1.96. The first-order valence-corrected chi connectivity index (χ1v) is 3.46. The average Bonchev–Trinajstić information content (AvgIpc) is 1.99. The van der Waals surface area contributed by atoms with Gasteiger partial charge in [-0.1, -0.05) is 13.5 Å². The first-order valence-electron chi connectivity index (χ1n) is 3.46. The number of methoxy groups -OCH3 is 1. The minimum Gasteiger partial charge on any atom is -0.496 e. The van der Waals surface area contributed by atoms with Crippen LogP contribution >= 0.6 is 0 Å². The summed E-state index contributed by atoms with van der Waals surface area (Å²) in [5.74, 6) is 0.611. The smallest absolute Gasteiger partial charge is 0.129 e. The van der Waals surface area contributed by atoms with Crippen LogP contribution in [0.4, 0.5) is 0 Å². The van der Waals surface area contributed by atoms with Gasteiger partial charge < -0.3 is 4.74 Å². The van der Waals surface area contributed by atoms with Crippen molar-refractivity contribution in [3.05, 3.63) is 12.3 Å². The highest BCUT2D eigenvalue weighted by atomic mass is 16.5. The van der Waals surface area contributed by atoms with Crippen LogP contribution in [-0.4, -0.2) is 19.4 Å². The summed E-state index contributed by atoms with van der Waals surface area (Å²) < 4.78 is 4.80. The molecule has 0 fully saturated rings. The molecule has 0 spiro atoms. The Morgan fingerprint density at radius 3 is 2.80 bits per heavy atom. The number of nitrogens with zero attached hydrogens (tertiary/aromatic N) is 1. The van der Waals surface area contributed by atoms with Crippen LogP contribution < -0.4 is 0 Å². The molecule has 2 nitrogen and oxygen atoms in total. The molecule has 0 heterocycles. The van der Waals surface area contributed by atoms with E-state index in [0.29, 0.717) is 11.8 Å². The first kappa shape index (κ1) is 9.21. The molecule has 0 bridgehead atoms. The molecule has 58 valence electrons. The van der Waals surface area contributed by atoms with Gasteiger partial charge in [-0.05, 0) is 13.3 Å². The van der Waals surface area contributed by atoms with Crippen LogP contribution in [0, 0.1) is 0 Å². The van der Waals surface area contributed by atoms with Gasteiger partial charge in [-0.15, -0.1) is 0 Å². The van der Waals surface area contributed by atoms with Crippen molar-refractivity contribution in [2.75, 3.05) is 7.11 Å². The van der Waals surface area contributed by atoms with E-state index in [9.17, 15) is 0 Å². The maximum absolute atomic E-state index is 4.80. The Morgan fingerprint density at radius 1 is 1.80 bits per heavy atom. The van der Waals surface area contributed by atoms with E-state index in [1.54, 1.807) is 13.3 Å². The van der Waals surface area contributed by atoms with E-state index in [1.165, 1.54) is 0 Å². The highest BCUT2D eigenvalue weighted by molar-refractivity contribution is 5.74. The second-order valence-electron chi connectivity index (χ2n) is 2.21. The van der Waals surface area contributed by atoms with Gasteiger partial charge in [-0.3, -0.25) is 4.99 Å². The van der Waals surface area contributed by atoms with E-state index in [1.807, 2.05) is 0 Å².